The lowest BCUT2D eigenvalue weighted by molar-refractivity contribution is -0.162. The van der Waals surface area contributed by atoms with E-state index in [-0.39, 0.29) is 12.0 Å². The molecule has 6 heteroatoms. The van der Waals surface area contributed by atoms with E-state index in [1.54, 1.807) is 6.92 Å². The number of ether oxygens (including phenoxy) is 3. The molecule has 1 saturated heterocycles. The number of carbonyl (C=O) groups excluding carboxylic acids is 3. The van der Waals surface area contributed by atoms with Gasteiger partial charge >= 0.3 is 17.9 Å². The molecule has 5 rings (SSSR count). The summed E-state index contributed by atoms with van der Waals surface area (Å²) in [6.07, 6.45) is -1.23. The van der Waals surface area contributed by atoms with Crippen molar-refractivity contribution in [2.45, 2.75) is 38.1 Å². The number of hydrogen-bond donors (Lipinski definition) is 0. The summed E-state index contributed by atoms with van der Waals surface area (Å²) in [5, 5.41) is 0. The maximum absolute atomic E-state index is 13.3. The molecule has 3 aliphatic rings. The van der Waals surface area contributed by atoms with E-state index in [9.17, 15) is 14.4 Å². The second-order valence-electron chi connectivity index (χ2n) is 8.38. The van der Waals surface area contributed by atoms with Crippen LogP contribution < -0.4 is 0 Å². The molecule has 1 saturated carbocycles. The maximum Gasteiger partial charge on any atom is 0.333 e. The van der Waals surface area contributed by atoms with Crippen LogP contribution in [0, 0.1) is 11.8 Å². The van der Waals surface area contributed by atoms with Crippen molar-refractivity contribution in [3.8, 4) is 11.1 Å². The highest BCUT2D eigenvalue weighted by Crippen LogP contribution is 2.47. The molecule has 1 aliphatic heterocycles. The van der Waals surface area contributed by atoms with Gasteiger partial charge in [0.1, 0.15) is 12.2 Å². The average molecular weight is 418 g/mol. The molecule has 31 heavy (non-hydrogen) atoms. The van der Waals surface area contributed by atoms with Gasteiger partial charge in [-0.15, -0.1) is 0 Å². The lowest BCUT2D eigenvalue weighted by Gasteiger charge is -2.31. The molecule has 2 bridgehead atoms. The van der Waals surface area contributed by atoms with Gasteiger partial charge in [-0.1, -0.05) is 55.1 Å². The molecule has 0 spiro atoms. The number of fused-ring (bicyclic) bond motifs is 5. The molecule has 2 fully saturated rings. The molecule has 4 unspecified atom stereocenters. The Balaban J connectivity index is 1.40. The molecular formula is C25H22O6. The largest absolute Gasteiger partial charge is 0.458 e. The number of esters is 3. The van der Waals surface area contributed by atoms with Crippen molar-refractivity contribution in [2.24, 2.45) is 11.8 Å². The van der Waals surface area contributed by atoms with Crippen molar-refractivity contribution in [1.82, 2.24) is 0 Å². The van der Waals surface area contributed by atoms with E-state index in [2.05, 4.69) is 6.58 Å². The van der Waals surface area contributed by atoms with Crippen LogP contribution in [0.2, 0.25) is 0 Å². The lowest BCUT2D eigenvalue weighted by Crippen LogP contribution is -2.41. The topological polar surface area (TPSA) is 78.9 Å². The standard InChI is InChI=1S/C25H22O6/c1-13(2)23(26)29-20-12-19(18-11-21(20)30-24(18)27)25(28)31-22-16-9-5-3-7-14(16)15-8-4-6-10-17(15)22/h3-10,18-22H,1,11-12H2,2H3. The molecule has 0 radical (unpaired) electrons. The zero-order valence-electron chi connectivity index (χ0n) is 17.1. The van der Waals surface area contributed by atoms with E-state index < -0.39 is 48.1 Å². The van der Waals surface area contributed by atoms with Crippen molar-refractivity contribution >= 4 is 17.9 Å². The highest BCUT2D eigenvalue weighted by molar-refractivity contribution is 5.88. The van der Waals surface area contributed by atoms with Gasteiger partial charge in [-0.05, 0) is 18.1 Å². The lowest BCUT2D eigenvalue weighted by atomic mass is 9.78. The third kappa shape index (κ3) is 3.23. The number of benzene rings is 2. The molecule has 2 aromatic carbocycles. The summed E-state index contributed by atoms with van der Waals surface area (Å²) in [5.41, 5.74) is 4.17. The molecule has 2 aliphatic carbocycles. The van der Waals surface area contributed by atoms with Crippen LogP contribution in [0.5, 0.6) is 0 Å². The van der Waals surface area contributed by atoms with Gasteiger partial charge in [0.2, 0.25) is 0 Å². The van der Waals surface area contributed by atoms with Gasteiger partial charge in [-0.2, -0.15) is 0 Å². The monoisotopic (exact) mass is 418 g/mol. The highest BCUT2D eigenvalue weighted by Gasteiger charge is 2.53. The third-order valence-corrected chi connectivity index (χ3v) is 6.36. The van der Waals surface area contributed by atoms with Gasteiger partial charge < -0.3 is 14.2 Å². The van der Waals surface area contributed by atoms with Crippen LogP contribution in [0.25, 0.3) is 11.1 Å². The fraction of sp³-hybridized carbons (Fsp3) is 0.320. The number of hydrogen-bond acceptors (Lipinski definition) is 6. The van der Waals surface area contributed by atoms with Gasteiger partial charge in [0.05, 0.1) is 11.8 Å². The summed E-state index contributed by atoms with van der Waals surface area (Å²) < 4.78 is 16.9. The molecule has 158 valence electrons. The first-order valence-corrected chi connectivity index (χ1v) is 10.4. The van der Waals surface area contributed by atoms with Crippen LogP contribution in [-0.2, 0) is 28.6 Å². The normalized spacial score (nSPS) is 25.9. The Kier molecular flexibility index (Phi) is 4.65. The van der Waals surface area contributed by atoms with Crippen LogP contribution in [0.4, 0.5) is 0 Å². The Morgan fingerprint density at radius 1 is 0.968 bits per heavy atom. The first kappa shape index (κ1) is 19.5. The predicted molar refractivity (Wildman–Crippen MR) is 111 cm³/mol. The van der Waals surface area contributed by atoms with E-state index in [1.807, 2.05) is 48.5 Å². The minimum Gasteiger partial charge on any atom is -0.458 e. The van der Waals surface area contributed by atoms with Crippen LogP contribution >= 0.6 is 0 Å². The fourth-order valence-electron chi connectivity index (χ4n) is 4.82. The summed E-state index contributed by atoms with van der Waals surface area (Å²) in [4.78, 5) is 37.7. The number of carbonyl (C=O) groups is 3. The molecule has 6 nitrogen and oxygen atoms in total. The number of rotatable bonds is 4. The smallest absolute Gasteiger partial charge is 0.333 e. The SMILES string of the molecule is C=C(C)C(=O)OC1CC(C(=O)OC2c3ccccc3-c3ccccc32)C2CC1OC2=O. The van der Waals surface area contributed by atoms with Crippen molar-refractivity contribution < 1.29 is 28.6 Å². The Hall–Kier alpha value is -3.41. The zero-order valence-corrected chi connectivity index (χ0v) is 17.1. The molecule has 0 amide bonds. The van der Waals surface area contributed by atoms with E-state index in [1.165, 1.54) is 0 Å². The molecular weight excluding hydrogens is 396 g/mol. The quantitative estimate of drug-likeness (QED) is 0.428. The van der Waals surface area contributed by atoms with Gasteiger partial charge in [0, 0.05) is 29.5 Å². The van der Waals surface area contributed by atoms with Crippen LogP contribution in [0.1, 0.15) is 37.0 Å². The second kappa shape index (κ2) is 7.38. The minimum atomic E-state index is -0.728. The van der Waals surface area contributed by atoms with Crippen LogP contribution in [0.15, 0.2) is 60.7 Å². The average Bonchev–Trinajstić information content (AvgIpc) is 3.26. The van der Waals surface area contributed by atoms with Gasteiger partial charge in [-0.3, -0.25) is 9.59 Å². The van der Waals surface area contributed by atoms with E-state index in [4.69, 9.17) is 14.2 Å². The van der Waals surface area contributed by atoms with Gasteiger partial charge in [0.25, 0.3) is 0 Å². The first-order valence-electron chi connectivity index (χ1n) is 10.4. The van der Waals surface area contributed by atoms with Crippen molar-refractivity contribution in [3.63, 3.8) is 0 Å². The summed E-state index contributed by atoms with van der Waals surface area (Å²) in [7, 11) is 0. The summed E-state index contributed by atoms with van der Waals surface area (Å²) in [6, 6.07) is 15.7. The Bertz CT molecular complexity index is 1060. The summed E-state index contributed by atoms with van der Waals surface area (Å²) in [6.45, 7) is 5.14. The van der Waals surface area contributed by atoms with Crippen molar-refractivity contribution in [2.75, 3.05) is 0 Å². The van der Waals surface area contributed by atoms with Crippen molar-refractivity contribution in [1.29, 1.82) is 0 Å². The van der Waals surface area contributed by atoms with E-state index in [0.29, 0.717) is 6.42 Å². The molecule has 1 heterocycles. The zero-order chi connectivity index (χ0) is 21.7. The Morgan fingerprint density at radius 2 is 1.58 bits per heavy atom. The molecule has 2 aromatic rings. The van der Waals surface area contributed by atoms with Gasteiger partial charge in [-0.25, -0.2) is 4.79 Å². The Labute approximate surface area is 179 Å². The fourth-order valence-corrected chi connectivity index (χ4v) is 4.82. The van der Waals surface area contributed by atoms with E-state index >= 15 is 0 Å². The second-order valence-corrected chi connectivity index (χ2v) is 8.38. The van der Waals surface area contributed by atoms with Crippen LogP contribution in [-0.4, -0.2) is 30.1 Å². The molecule has 0 N–H and O–H groups in total. The summed E-state index contributed by atoms with van der Waals surface area (Å²) >= 11 is 0. The van der Waals surface area contributed by atoms with E-state index in [0.717, 1.165) is 22.3 Å². The van der Waals surface area contributed by atoms with Gasteiger partial charge in [0.15, 0.2) is 6.10 Å². The van der Waals surface area contributed by atoms with Crippen molar-refractivity contribution in [3.05, 3.63) is 71.8 Å². The molecule has 0 aromatic heterocycles. The third-order valence-electron chi connectivity index (χ3n) is 6.36. The van der Waals surface area contributed by atoms with Crippen LogP contribution in [0.3, 0.4) is 0 Å². The first-order chi connectivity index (χ1) is 14.9. The Morgan fingerprint density at radius 3 is 2.19 bits per heavy atom. The maximum atomic E-state index is 13.3. The predicted octanol–water partition coefficient (Wildman–Crippen LogP) is 3.74. The summed E-state index contributed by atoms with van der Waals surface area (Å²) in [5.74, 6) is -2.78. The minimum absolute atomic E-state index is 0.189. The molecule has 4 atom stereocenters. The highest BCUT2D eigenvalue weighted by atomic mass is 16.6.